The molecule has 0 spiro atoms. The highest BCUT2D eigenvalue weighted by molar-refractivity contribution is 7.90. The lowest BCUT2D eigenvalue weighted by molar-refractivity contribution is 0.0571. The molecule has 7 heteroatoms. The molecule has 2 rings (SSSR count). The Morgan fingerprint density at radius 2 is 2.15 bits per heavy atom. The van der Waals surface area contributed by atoms with Crippen LogP contribution in [0.2, 0.25) is 10.0 Å². The first-order chi connectivity index (χ1) is 9.44. The van der Waals surface area contributed by atoms with Gasteiger partial charge in [-0.1, -0.05) is 29.3 Å². The lowest BCUT2D eigenvalue weighted by atomic mass is 9.93. The van der Waals surface area contributed by atoms with Crippen LogP contribution in [0.1, 0.15) is 12.0 Å². The Morgan fingerprint density at radius 1 is 1.40 bits per heavy atom. The fourth-order valence-corrected chi connectivity index (χ4v) is 4.37. The van der Waals surface area contributed by atoms with Gasteiger partial charge in [0.2, 0.25) is 10.0 Å². The highest BCUT2D eigenvalue weighted by atomic mass is 35.5. The van der Waals surface area contributed by atoms with Crippen molar-refractivity contribution < 1.29 is 13.2 Å². The smallest absolute Gasteiger partial charge is 0.214 e. The van der Waals surface area contributed by atoms with Gasteiger partial charge < -0.3 is 4.74 Å². The van der Waals surface area contributed by atoms with Crippen LogP contribution in [0, 0.1) is 5.92 Å². The van der Waals surface area contributed by atoms with Crippen LogP contribution >= 0.6 is 23.2 Å². The fraction of sp³-hybridized carbons (Fsp3) is 0.538. The third-order valence-electron chi connectivity index (χ3n) is 3.58. The largest absolute Gasteiger partial charge is 0.381 e. The van der Waals surface area contributed by atoms with Gasteiger partial charge in [0.25, 0.3) is 0 Å². The molecule has 2 unspecified atom stereocenters. The predicted octanol–water partition coefficient (Wildman–Crippen LogP) is 2.49. The van der Waals surface area contributed by atoms with E-state index in [1.54, 1.807) is 12.1 Å². The summed E-state index contributed by atoms with van der Waals surface area (Å²) in [7, 11) is -1.87. The van der Waals surface area contributed by atoms with E-state index in [2.05, 4.69) is 4.72 Å². The van der Waals surface area contributed by atoms with Crippen molar-refractivity contribution in [3.8, 4) is 0 Å². The molecule has 0 saturated carbocycles. The van der Waals surface area contributed by atoms with E-state index in [0.29, 0.717) is 36.1 Å². The molecule has 0 radical (unpaired) electrons. The van der Waals surface area contributed by atoms with Crippen molar-refractivity contribution in [1.82, 2.24) is 4.72 Å². The van der Waals surface area contributed by atoms with Crippen LogP contribution in [0.15, 0.2) is 18.2 Å². The molecule has 0 bridgehead atoms. The van der Waals surface area contributed by atoms with E-state index in [9.17, 15) is 8.42 Å². The van der Waals surface area contributed by atoms with E-state index in [-0.39, 0.29) is 5.92 Å². The number of nitrogens with one attached hydrogen (secondary N) is 1. The van der Waals surface area contributed by atoms with Gasteiger partial charge in [-0.05, 0) is 37.6 Å². The molecule has 2 atom stereocenters. The summed E-state index contributed by atoms with van der Waals surface area (Å²) in [6, 6.07) is 5.26. The minimum Gasteiger partial charge on any atom is -0.381 e. The lowest BCUT2D eigenvalue weighted by Crippen LogP contribution is -2.43. The zero-order chi connectivity index (χ0) is 14.8. The van der Waals surface area contributed by atoms with Gasteiger partial charge in [-0.15, -0.1) is 0 Å². The minimum atomic E-state index is -3.31. The summed E-state index contributed by atoms with van der Waals surface area (Å²) in [6.07, 6.45) is 1.06. The SMILES string of the molecule is CNS(=O)(=O)C1CCOCC1Cc1ccc(Cl)cc1Cl. The van der Waals surface area contributed by atoms with E-state index in [4.69, 9.17) is 27.9 Å². The van der Waals surface area contributed by atoms with Crippen LogP contribution < -0.4 is 4.72 Å². The first kappa shape index (κ1) is 16.0. The number of hydrogen-bond donors (Lipinski definition) is 1. The Labute approximate surface area is 129 Å². The predicted molar refractivity (Wildman–Crippen MR) is 80.9 cm³/mol. The van der Waals surface area contributed by atoms with Gasteiger partial charge in [0.15, 0.2) is 0 Å². The monoisotopic (exact) mass is 337 g/mol. The van der Waals surface area contributed by atoms with Crippen LogP contribution in [-0.4, -0.2) is 33.9 Å². The Kier molecular flexibility index (Phi) is 5.31. The lowest BCUT2D eigenvalue weighted by Gasteiger charge is -2.31. The standard InChI is InChI=1S/C13H17Cl2NO3S/c1-16-20(17,18)13-4-5-19-8-10(13)6-9-2-3-11(14)7-12(9)15/h2-3,7,10,13,16H,4-6,8H2,1H3. The van der Waals surface area contributed by atoms with Crippen LogP contribution in [0.25, 0.3) is 0 Å². The van der Waals surface area contributed by atoms with Gasteiger partial charge in [-0.25, -0.2) is 13.1 Å². The van der Waals surface area contributed by atoms with Gasteiger partial charge in [0, 0.05) is 22.6 Å². The maximum atomic E-state index is 12.1. The second-order valence-electron chi connectivity index (χ2n) is 4.85. The van der Waals surface area contributed by atoms with Crippen LogP contribution in [0.3, 0.4) is 0 Å². The van der Waals surface area contributed by atoms with Crippen LogP contribution in [0.5, 0.6) is 0 Å². The third kappa shape index (κ3) is 3.65. The van der Waals surface area contributed by atoms with Gasteiger partial charge in [-0.2, -0.15) is 0 Å². The van der Waals surface area contributed by atoms with Gasteiger partial charge >= 0.3 is 0 Å². The summed E-state index contributed by atoms with van der Waals surface area (Å²) < 4.78 is 32.0. The van der Waals surface area contributed by atoms with E-state index >= 15 is 0 Å². The van der Waals surface area contributed by atoms with Crippen molar-refractivity contribution in [3.05, 3.63) is 33.8 Å². The zero-order valence-electron chi connectivity index (χ0n) is 11.1. The van der Waals surface area contributed by atoms with E-state index in [1.165, 1.54) is 7.05 Å². The maximum absolute atomic E-state index is 12.1. The van der Waals surface area contributed by atoms with E-state index < -0.39 is 15.3 Å². The molecule has 4 nitrogen and oxygen atoms in total. The molecular formula is C13H17Cl2NO3S. The maximum Gasteiger partial charge on any atom is 0.214 e. The fourth-order valence-electron chi connectivity index (χ4n) is 2.50. The molecule has 1 saturated heterocycles. The number of benzene rings is 1. The van der Waals surface area contributed by atoms with Crippen molar-refractivity contribution >= 4 is 33.2 Å². The Bertz CT molecular complexity index is 577. The molecule has 0 aromatic heterocycles. The Balaban J connectivity index is 2.21. The third-order valence-corrected chi connectivity index (χ3v) is 6.16. The average molecular weight is 338 g/mol. The van der Waals surface area contributed by atoms with Crippen molar-refractivity contribution in [3.63, 3.8) is 0 Å². The highest BCUT2D eigenvalue weighted by Crippen LogP contribution is 2.29. The normalized spacial score (nSPS) is 23.8. The summed E-state index contributed by atoms with van der Waals surface area (Å²) in [5.41, 5.74) is 0.892. The second-order valence-corrected chi connectivity index (χ2v) is 7.80. The second kappa shape index (κ2) is 6.62. The summed E-state index contributed by atoms with van der Waals surface area (Å²) in [5, 5.41) is 0.676. The minimum absolute atomic E-state index is 0.111. The summed E-state index contributed by atoms with van der Waals surface area (Å²) in [5.74, 6) is -0.111. The summed E-state index contributed by atoms with van der Waals surface area (Å²) >= 11 is 12.0. The molecular weight excluding hydrogens is 321 g/mol. The van der Waals surface area contributed by atoms with E-state index in [0.717, 1.165) is 5.56 Å². The van der Waals surface area contributed by atoms with Gasteiger partial charge in [-0.3, -0.25) is 0 Å². The number of halogens is 2. The molecule has 1 fully saturated rings. The topological polar surface area (TPSA) is 55.4 Å². The molecule has 1 aromatic rings. The number of sulfonamides is 1. The first-order valence-electron chi connectivity index (χ1n) is 6.38. The molecule has 112 valence electrons. The summed E-state index contributed by atoms with van der Waals surface area (Å²) in [6.45, 7) is 0.890. The molecule has 0 aliphatic carbocycles. The average Bonchev–Trinajstić information content (AvgIpc) is 2.42. The Morgan fingerprint density at radius 3 is 2.80 bits per heavy atom. The van der Waals surface area contributed by atoms with Crippen molar-refractivity contribution in [2.45, 2.75) is 18.1 Å². The van der Waals surface area contributed by atoms with Gasteiger partial charge in [0.1, 0.15) is 0 Å². The van der Waals surface area contributed by atoms with Crippen LogP contribution in [-0.2, 0) is 21.2 Å². The van der Waals surface area contributed by atoms with Crippen molar-refractivity contribution in [2.75, 3.05) is 20.3 Å². The molecule has 1 aliphatic heterocycles. The molecule has 1 N–H and O–H groups in total. The number of hydrogen-bond acceptors (Lipinski definition) is 3. The molecule has 0 amide bonds. The molecule has 1 aliphatic rings. The number of rotatable bonds is 4. The van der Waals surface area contributed by atoms with Crippen LogP contribution in [0.4, 0.5) is 0 Å². The molecule has 20 heavy (non-hydrogen) atoms. The van der Waals surface area contributed by atoms with E-state index in [1.807, 2.05) is 6.07 Å². The highest BCUT2D eigenvalue weighted by Gasteiger charge is 2.35. The first-order valence-corrected chi connectivity index (χ1v) is 8.68. The molecule has 1 aromatic carbocycles. The van der Waals surface area contributed by atoms with Crippen molar-refractivity contribution in [1.29, 1.82) is 0 Å². The Hall–Kier alpha value is -0.330. The number of ether oxygens (including phenoxy) is 1. The molecule has 1 heterocycles. The zero-order valence-corrected chi connectivity index (χ0v) is 13.4. The quantitative estimate of drug-likeness (QED) is 0.918. The van der Waals surface area contributed by atoms with Gasteiger partial charge in [0.05, 0.1) is 11.9 Å². The summed E-state index contributed by atoms with van der Waals surface area (Å²) in [4.78, 5) is 0. The van der Waals surface area contributed by atoms with Crippen molar-refractivity contribution in [2.24, 2.45) is 5.92 Å².